The van der Waals surface area contributed by atoms with E-state index in [1.807, 2.05) is 0 Å². The molecule has 0 bridgehead atoms. The van der Waals surface area contributed by atoms with Crippen molar-refractivity contribution in [1.82, 2.24) is 19.7 Å². The second-order valence-corrected chi connectivity index (χ2v) is 8.23. The van der Waals surface area contributed by atoms with E-state index < -0.39 is 5.91 Å². The van der Waals surface area contributed by atoms with Gasteiger partial charge in [0.25, 0.3) is 11.5 Å². The third-order valence-corrected chi connectivity index (χ3v) is 5.66. The van der Waals surface area contributed by atoms with Gasteiger partial charge in [-0.25, -0.2) is 4.98 Å². The number of aryl methyl sites for hydroxylation is 1. The van der Waals surface area contributed by atoms with Crippen LogP contribution in [0.3, 0.4) is 0 Å². The molecule has 0 saturated heterocycles. The summed E-state index contributed by atoms with van der Waals surface area (Å²) in [5, 5.41) is 7.98. The highest BCUT2D eigenvalue weighted by atomic mass is 35.5. The molecule has 33 heavy (non-hydrogen) atoms. The van der Waals surface area contributed by atoms with E-state index in [0.717, 1.165) is 18.5 Å². The van der Waals surface area contributed by atoms with Crippen molar-refractivity contribution in [2.45, 2.75) is 19.3 Å². The summed E-state index contributed by atoms with van der Waals surface area (Å²) in [6.07, 6.45) is 3.81. The lowest BCUT2D eigenvalue weighted by Gasteiger charge is -2.10. The molecule has 9 nitrogen and oxygen atoms in total. The van der Waals surface area contributed by atoms with Crippen LogP contribution >= 0.6 is 23.2 Å². The zero-order chi connectivity index (χ0) is 22.9. The van der Waals surface area contributed by atoms with Gasteiger partial charge in [-0.2, -0.15) is 9.78 Å². The zero-order valence-electron chi connectivity index (χ0n) is 17.1. The molecule has 1 amide bonds. The number of carbonyl (C=O) groups is 1. The molecule has 0 unspecified atom stereocenters. The van der Waals surface area contributed by atoms with Gasteiger partial charge < -0.3 is 14.5 Å². The molecule has 0 spiro atoms. The molecule has 1 aliphatic rings. The lowest BCUT2D eigenvalue weighted by Crippen LogP contribution is -2.24. The van der Waals surface area contributed by atoms with Crippen molar-refractivity contribution in [2.24, 2.45) is 0 Å². The van der Waals surface area contributed by atoms with Crippen LogP contribution in [0.2, 0.25) is 10.0 Å². The minimum absolute atomic E-state index is 0.204. The SMILES string of the molecule is O=C(COc1ccc(Cl)cc1Cl)Nc1cc(-c2ccco2)nn1-c1nc2c(c(=O)[nH]1)CCC2. The minimum Gasteiger partial charge on any atom is -0.482 e. The first-order chi connectivity index (χ1) is 16.0. The fourth-order valence-corrected chi connectivity index (χ4v) is 4.08. The Balaban J connectivity index is 1.43. The Hall–Kier alpha value is -3.56. The van der Waals surface area contributed by atoms with Gasteiger partial charge in [0.2, 0.25) is 5.95 Å². The van der Waals surface area contributed by atoms with Gasteiger partial charge in [-0.1, -0.05) is 23.2 Å². The number of H-pyrrole nitrogens is 1. The molecular formula is C22H17Cl2N5O4. The van der Waals surface area contributed by atoms with Gasteiger partial charge in [0.15, 0.2) is 12.4 Å². The first kappa shape index (κ1) is 21.3. The highest BCUT2D eigenvalue weighted by molar-refractivity contribution is 6.35. The minimum atomic E-state index is -0.461. The van der Waals surface area contributed by atoms with Crippen LogP contribution in [0, 0.1) is 0 Å². The van der Waals surface area contributed by atoms with Crippen LogP contribution < -0.4 is 15.6 Å². The van der Waals surface area contributed by atoms with Crippen LogP contribution in [0.1, 0.15) is 17.7 Å². The third kappa shape index (κ3) is 4.37. The number of hydrogen-bond acceptors (Lipinski definition) is 6. The van der Waals surface area contributed by atoms with Crippen molar-refractivity contribution < 1.29 is 13.9 Å². The highest BCUT2D eigenvalue weighted by Crippen LogP contribution is 2.28. The van der Waals surface area contributed by atoms with E-state index in [-0.39, 0.29) is 18.1 Å². The second-order valence-electron chi connectivity index (χ2n) is 7.38. The number of carbonyl (C=O) groups excluding carboxylic acids is 1. The van der Waals surface area contributed by atoms with Gasteiger partial charge in [-0.15, -0.1) is 0 Å². The number of amides is 1. The van der Waals surface area contributed by atoms with Gasteiger partial charge in [0.05, 0.1) is 17.0 Å². The number of anilines is 1. The number of nitrogens with zero attached hydrogens (tertiary/aromatic N) is 3. The molecule has 3 heterocycles. The normalized spacial score (nSPS) is 12.5. The van der Waals surface area contributed by atoms with Crippen LogP contribution in [-0.2, 0) is 17.6 Å². The molecule has 5 rings (SSSR count). The molecule has 1 aromatic carbocycles. The van der Waals surface area contributed by atoms with E-state index >= 15 is 0 Å². The molecule has 1 aliphatic carbocycles. The lowest BCUT2D eigenvalue weighted by atomic mass is 10.3. The maximum Gasteiger partial charge on any atom is 0.263 e. The summed E-state index contributed by atoms with van der Waals surface area (Å²) < 4.78 is 12.3. The maximum absolute atomic E-state index is 12.6. The zero-order valence-corrected chi connectivity index (χ0v) is 18.6. The first-order valence-electron chi connectivity index (χ1n) is 10.1. The molecule has 0 radical (unpaired) electrons. The Labute approximate surface area is 197 Å². The van der Waals surface area contributed by atoms with Gasteiger partial charge in [0, 0.05) is 16.7 Å². The summed E-state index contributed by atoms with van der Waals surface area (Å²) in [5.74, 6) is 0.855. The van der Waals surface area contributed by atoms with E-state index in [4.69, 9.17) is 32.4 Å². The van der Waals surface area contributed by atoms with E-state index in [0.29, 0.717) is 45.1 Å². The number of hydrogen-bond donors (Lipinski definition) is 2. The van der Waals surface area contributed by atoms with E-state index in [2.05, 4.69) is 20.4 Å². The van der Waals surface area contributed by atoms with Crippen LogP contribution in [0.15, 0.2) is 51.9 Å². The quantitative estimate of drug-likeness (QED) is 0.425. The van der Waals surface area contributed by atoms with Gasteiger partial charge in [-0.3, -0.25) is 14.6 Å². The molecule has 2 N–H and O–H groups in total. The summed E-state index contributed by atoms with van der Waals surface area (Å²) in [7, 11) is 0. The first-order valence-corrected chi connectivity index (χ1v) is 10.9. The van der Waals surface area contributed by atoms with E-state index in [1.165, 1.54) is 17.0 Å². The van der Waals surface area contributed by atoms with E-state index in [9.17, 15) is 9.59 Å². The Morgan fingerprint density at radius 1 is 1.24 bits per heavy atom. The standard InChI is InChI=1S/C22H17Cl2N5O4/c23-12-6-7-17(14(24)9-12)33-11-20(30)26-19-10-16(18-5-2-8-32-18)28-29(19)22-25-15-4-1-3-13(15)21(31)27-22/h2,5-10H,1,3-4,11H2,(H,26,30)(H,25,27,31). The topological polar surface area (TPSA) is 115 Å². The molecular weight excluding hydrogens is 469 g/mol. The van der Waals surface area contributed by atoms with Crippen LogP contribution in [0.25, 0.3) is 17.4 Å². The van der Waals surface area contributed by atoms with Crippen molar-refractivity contribution in [3.63, 3.8) is 0 Å². The predicted octanol–water partition coefficient (Wildman–Crippen LogP) is 4.03. The van der Waals surface area contributed by atoms with Gasteiger partial charge in [-0.05, 0) is 49.6 Å². The van der Waals surface area contributed by atoms with Crippen LogP contribution in [-0.4, -0.2) is 32.3 Å². The molecule has 0 saturated carbocycles. The average Bonchev–Trinajstić information content (AvgIpc) is 3.53. The molecule has 11 heteroatoms. The summed E-state index contributed by atoms with van der Waals surface area (Å²) >= 11 is 12.0. The van der Waals surface area contributed by atoms with E-state index in [1.54, 1.807) is 30.3 Å². The fourth-order valence-electron chi connectivity index (χ4n) is 3.62. The monoisotopic (exact) mass is 485 g/mol. The Morgan fingerprint density at radius 3 is 2.91 bits per heavy atom. The molecule has 0 fully saturated rings. The highest BCUT2D eigenvalue weighted by Gasteiger charge is 2.21. The number of ether oxygens (including phenoxy) is 1. The summed E-state index contributed by atoms with van der Waals surface area (Å²) in [5.41, 5.74) is 1.68. The molecule has 3 aromatic heterocycles. The van der Waals surface area contributed by atoms with Gasteiger partial charge in [0.1, 0.15) is 17.3 Å². The molecule has 4 aromatic rings. The molecule has 0 atom stereocenters. The number of aromatic nitrogens is 4. The van der Waals surface area contributed by atoms with Crippen molar-refractivity contribution in [1.29, 1.82) is 0 Å². The van der Waals surface area contributed by atoms with Crippen molar-refractivity contribution >= 4 is 34.9 Å². The fraction of sp³-hybridized carbons (Fsp3) is 0.182. The maximum atomic E-state index is 12.6. The number of fused-ring (bicyclic) bond motifs is 1. The van der Waals surface area contributed by atoms with Crippen molar-refractivity contribution in [3.8, 4) is 23.2 Å². The predicted molar refractivity (Wildman–Crippen MR) is 122 cm³/mol. The summed E-state index contributed by atoms with van der Waals surface area (Å²) in [6.45, 7) is -0.309. The molecule has 0 aliphatic heterocycles. The van der Waals surface area contributed by atoms with Crippen LogP contribution in [0.5, 0.6) is 5.75 Å². The Morgan fingerprint density at radius 2 is 2.12 bits per heavy atom. The van der Waals surface area contributed by atoms with Crippen molar-refractivity contribution in [2.75, 3.05) is 11.9 Å². The van der Waals surface area contributed by atoms with Gasteiger partial charge >= 0.3 is 0 Å². The number of halogens is 2. The lowest BCUT2D eigenvalue weighted by molar-refractivity contribution is -0.118. The second kappa shape index (κ2) is 8.76. The Kier molecular flexibility index (Phi) is 5.65. The average molecular weight is 486 g/mol. The number of aromatic amines is 1. The van der Waals surface area contributed by atoms with Crippen LogP contribution in [0.4, 0.5) is 5.82 Å². The number of nitrogens with one attached hydrogen (secondary N) is 2. The number of benzene rings is 1. The summed E-state index contributed by atoms with van der Waals surface area (Å²) in [4.78, 5) is 32.5. The Bertz CT molecular complexity index is 1390. The number of furan rings is 1. The van der Waals surface area contributed by atoms with Crippen molar-refractivity contribution in [3.05, 3.63) is 74.3 Å². The summed E-state index contributed by atoms with van der Waals surface area (Å²) in [6, 6.07) is 9.81. The third-order valence-electron chi connectivity index (χ3n) is 5.13. The number of rotatable bonds is 6. The molecule has 168 valence electrons. The largest absolute Gasteiger partial charge is 0.482 e. The smallest absolute Gasteiger partial charge is 0.263 e.